The lowest BCUT2D eigenvalue weighted by molar-refractivity contribution is -0.128. The number of para-hydroxylation sites is 1. The number of amides is 1. The quantitative estimate of drug-likeness (QED) is 0.782. The summed E-state index contributed by atoms with van der Waals surface area (Å²) in [5.41, 5.74) is 2.20. The van der Waals surface area contributed by atoms with Gasteiger partial charge in [0.05, 0.1) is 27.0 Å². The minimum absolute atomic E-state index is 0.160. The Labute approximate surface area is 158 Å². The van der Waals surface area contributed by atoms with Gasteiger partial charge in [-0.25, -0.2) is 0 Å². The predicted molar refractivity (Wildman–Crippen MR) is 102 cm³/mol. The molecule has 0 N–H and O–H groups in total. The Morgan fingerprint density at radius 3 is 2.26 bits per heavy atom. The van der Waals surface area contributed by atoms with Crippen LogP contribution in [0.2, 0.25) is 0 Å². The second-order valence-electron chi connectivity index (χ2n) is 5.98. The Balaban J connectivity index is 1.78. The first kappa shape index (κ1) is 18.6. The second-order valence-corrected chi connectivity index (χ2v) is 5.98. The van der Waals surface area contributed by atoms with Crippen molar-refractivity contribution in [1.82, 2.24) is 0 Å². The summed E-state index contributed by atoms with van der Waals surface area (Å²) < 4.78 is 16.1. The van der Waals surface area contributed by atoms with Crippen LogP contribution < -0.4 is 19.1 Å². The van der Waals surface area contributed by atoms with Gasteiger partial charge in [-0.2, -0.15) is 0 Å². The van der Waals surface area contributed by atoms with Crippen LogP contribution in [0.3, 0.4) is 0 Å². The Kier molecular flexibility index (Phi) is 5.49. The monoisotopic (exact) mass is 370 g/mol. The molecule has 1 heterocycles. The van der Waals surface area contributed by atoms with E-state index in [1.165, 1.54) is 0 Å². The van der Waals surface area contributed by atoms with Crippen LogP contribution in [0.25, 0.3) is 0 Å². The fourth-order valence-electron chi connectivity index (χ4n) is 2.92. The molecule has 1 atom stereocenters. The standard InChI is InChI=1S/C20H22N2O5/c1-22(14-8-6-5-7-9-14)20(23)18-12-15(21-27-18)13-10-16(24-2)19(26-4)17(11-13)25-3/h5-11,18H,12H2,1-4H3/t18-/m1/s1. The Bertz CT molecular complexity index is 826. The van der Waals surface area contributed by atoms with Crippen LogP contribution in [-0.4, -0.2) is 46.1 Å². The molecule has 1 aliphatic rings. The molecule has 0 radical (unpaired) electrons. The second kappa shape index (κ2) is 7.99. The number of methoxy groups -OCH3 is 3. The Hall–Kier alpha value is -3.22. The minimum atomic E-state index is -0.677. The van der Waals surface area contributed by atoms with Crippen LogP contribution in [0.4, 0.5) is 5.69 Å². The first-order chi connectivity index (χ1) is 13.1. The van der Waals surface area contributed by atoms with Gasteiger partial charge in [-0.3, -0.25) is 4.79 Å². The third-order valence-corrected chi connectivity index (χ3v) is 4.42. The van der Waals surface area contributed by atoms with E-state index in [0.717, 1.165) is 11.3 Å². The number of rotatable bonds is 6. The van der Waals surface area contributed by atoms with Gasteiger partial charge in [-0.1, -0.05) is 23.4 Å². The zero-order chi connectivity index (χ0) is 19.4. The number of anilines is 1. The van der Waals surface area contributed by atoms with Gasteiger partial charge in [0, 0.05) is 24.7 Å². The molecule has 2 aromatic carbocycles. The van der Waals surface area contributed by atoms with Crippen molar-refractivity contribution >= 4 is 17.3 Å². The summed E-state index contributed by atoms with van der Waals surface area (Å²) in [5.74, 6) is 1.38. The summed E-state index contributed by atoms with van der Waals surface area (Å²) in [5, 5.41) is 4.11. The normalized spacial score (nSPS) is 15.6. The van der Waals surface area contributed by atoms with E-state index < -0.39 is 6.10 Å². The lowest BCUT2D eigenvalue weighted by Crippen LogP contribution is -2.36. The molecule has 0 fully saturated rings. The van der Waals surface area contributed by atoms with E-state index in [0.29, 0.717) is 29.4 Å². The van der Waals surface area contributed by atoms with Gasteiger partial charge >= 0.3 is 0 Å². The first-order valence-corrected chi connectivity index (χ1v) is 8.44. The third kappa shape index (κ3) is 3.67. The molecule has 2 aromatic rings. The van der Waals surface area contributed by atoms with Crippen molar-refractivity contribution in [2.75, 3.05) is 33.3 Å². The highest BCUT2D eigenvalue weighted by atomic mass is 16.6. The lowest BCUT2D eigenvalue weighted by Gasteiger charge is -2.19. The van der Waals surface area contributed by atoms with Crippen LogP contribution in [0.15, 0.2) is 47.6 Å². The smallest absolute Gasteiger partial charge is 0.271 e. The molecule has 142 valence electrons. The van der Waals surface area contributed by atoms with Crippen molar-refractivity contribution in [2.24, 2.45) is 5.16 Å². The van der Waals surface area contributed by atoms with Crippen LogP contribution >= 0.6 is 0 Å². The number of benzene rings is 2. The van der Waals surface area contributed by atoms with Gasteiger partial charge < -0.3 is 23.9 Å². The fourth-order valence-corrected chi connectivity index (χ4v) is 2.92. The van der Waals surface area contributed by atoms with E-state index in [1.807, 2.05) is 30.3 Å². The van der Waals surface area contributed by atoms with Crippen LogP contribution in [0.5, 0.6) is 17.2 Å². The molecular formula is C20H22N2O5. The topological polar surface area (TPSA) is 69.6 Å². The lowest BCUT2D eigenvalue weighted by atomic mass is 10.0. The Morgan fingerprint density at radius 2 is 1.70 bits per heavy atom. The molecule has 1 aliphatic heterocycles. The van der Waals surface area contributed by atoms with Gasteiger partial charge in [-0.05, 0) is 24.3 Å². The summed E-state index contributed by atoms with van der Waals surface area (Å²) in [7, 11) is 6.37. The zero-order valence-corrected chi connectivity index (χ0v) is 15.8. The van der Waals surface area contributed by atoms with Gasteiger partial charge in [-0.15, -0.1) is 0 Å². The molecule has 0 spiro atoms. The van der Waals surface area contributed by atoms with E-state index in [1.54, 1.807) is 45.4 Å². The third-order valence-electron chi connectivity index (χ3n) is 4.42. The largest absolute Gasteiger partial charge is 0.493 e. The number of carbonyl (C=O) groups is 1. The van der Waals surface area contributed by atoms with Gasteiger partial charge in [0.2, 0.25) is 11.9 Å². The molecule has 7 heteroatoms. The number of likely N-dealkylation sites (N-methyl/N-ethyl adjacent to an activating group) is 1. The van der Waals surface area contributed by atoms with Crippen LogP contribution in [0.1, 0.15) is 12.0 Å². The highest BCUT2D eigenvalue weighted by molar-refractivity contribution is 6.07. The Morgan fingerprint density at radius 1 is 1.07 bits per heavy atom. The summed E-state index contributed by atoms with van der Waals surface area (Å²) in [6.45, 7) is 0. The van der Waals surface area contributed by atoms with Crippen molar-refractivity contribution in [3.8, 4) is 17.2 Å². The molecule has 0 bridgehead atoms. The number of nitrogens with zero attached hydrogens (tertiary/aromatic N) is 2. The fraction of sp³-hybridized carbons (Fsp3) is 0.300. The number of carbonyl (C=O) groups excluding carboxylic acids is 1. The summed E-state index contributed by atoms with van der Waals surface area (Å²) in [4.78, 5) is 19.7. The zero-order valence-electron chi connectivity index (χ0n) is 15.8. The predicted octanol–water partition coefficient (Wildman–Crippen LogP) is 2.87. The average molecular weight is 370 g/mol. The van der Waals surface area contributed by atoms with Crippen LogP contribution in [-0.2, 0) is 9.63 Å². The molecule has 0 aromatic heterocycles. The average Bonchev–Trinajstić information content (AvgIpc) is 3.22. The van der Waals surface area contributed by atoms with Crippen molar-refractivity contribution in [2.45, 2.75) is 12.5 Å². The van der Waals surface area contributed by atoms with Crippen molar-refractivity contribution in [3.05, 3.63) is 48.0 Å². The molecule has 27 heavy (non-hydrogen) atoms. The highest BCUT2D eigenvalue weighted by Crippen LogP contribution is 2.39. The maximum absolute atomic E-state index is 12.7. The van der Waals surface area contributed by atoms with E-state index in [-0.39, 0.29) is 5.91 Å². The van der Waals surface area contributed by atoms with Crippen molar-refractivity contribution in [3.63, 3.8) is 0 Å². The van der Waals surface area contributed by atoms with Gasteiger partial charge in [0.15, 0.2) is 11.5 Å². The van der Waals surface area contributed by atoms with E-state index in [4.69, 9.17) is 19.0 Å². The number of ether oxygens (including phenoxy) is 3. The van der Waals surface area contributed by atoms with Gasteiger partial charge in [0.25, 0.3) is 5.91 Å². The molecule has 0 unspecified atom stereocenters. The van der Waals surface area contributed by atoms with E-state index in [9.17, 15) is 4.79 Å². The maximum Gasteiger partial charge on any atom is 0.271 e. The summed E-state index contributed by atoms with van der Waals surface area (Å²) in [6.07, 6.45) is -0.321. The summed E-state index contributed by atoms with van der Waals surface area (Å²) >= 11 is 0. The van der Waals surface area contributed by atoms with Crippen LogP contribution in [0, 0.1) is 0 Å². The van der Waals surface area contributed by atoms with Gasteiger partial charge in [0.1, 0.15) is 0 Å². The molecule has 0 aliphatic carbocycles. The van der Waals surface area contributed by atoms with E-state index >= 15 is 0 Å². The highest BCUT2D eigenvalue weighted by Gasteiger charge is 2.32. The molecule has 0 saturated heterocycles. The van der Waals surface area contributed by atoms with Crippen molar-refractivity contribution in [1.29, 1.82) is 0 Å². The molecule has 3 rings (SSSR count). The number of hydrogen-bond donors (Lipinski definition) is 0. The number of hydrogen-bond acceptors (Lipinski definition) is 6. The summed E-state index contributed by atoms with van der Waals surface area (Å²) in [6, 6.07) is 13.0. The number of oxime groups is 1. The van der Waals surface area contributed by atoms with E-state index in [2.05, 4.69) is 5.16 Å². The minimum Gasteiger partial charge on any atom is -0.493 e. The molecule has 0 saturated carbocycles. The maximum atomic E-state index is 12.7. The first-order valence-electron chi connectivity index (χ1n) is 8.44. The SMILES string of the molecule is COc1cc(C2=NO[C@@H](C(=O)N(C)c3ccccc3)C2)cc(OC)c1OC. The molecule has 7 nitrogen and oxygen atoms in total. The molecular weight excluding hydrogens is 348 g/mol. The molecule has 1 amide bonds. The van der Waals surface area contributed by atoms with Crippen molar-refractivity contribution < 1.29 is 23.8 Å².